The van der Waals surface area contributed by atoms with Crippen molar-refractivity contribution in [2.24, 2.45) is 0 Å². The number of halogens is 4. The van der Waals surface area contributed by atoms with Gasteiger partial charge in [-0.15, -0.1) is 0 Å². The van der Waals surface area contributed by atoms with Crippen molar-refractivity contribution in [3.05, 3.63) is 63.2 Å². The van der Waals surface area contributed by atoms with Crippen molar-refractivity contribution in [1.82, 2.24) is 0 Å². The van der Waals surface area contributed by atoms with Gasteiger partial charge in [-0.2, -0.15) is 13.2 Å². The predicted octanol–water partition coefficient (Wildman–Crippen LogP) is 4.93. The van der Waals surface area contributed by atoms with E-state index in [4.69, 9.17) is 11.6 Å². The third kappa shape index (κ3) is 2.75. The summed E-state index contributed by atoms with van der Waals surface area (Å²) in [4.78, 5) is 10.1. The van der Waals surface area contributed by atoms with Gasteiger partial charge in [0.05, 0.1) is 10.5 Å². The highest BCUT2D eigenvalue weighted by Gasteiger charge is 2.33. The molecule has 0 fully saturated rings. The molecular formula is C13H7ClF3NO2. The van der Waals surface area contributed by atoms with Gasteiger partial charge in [-0.3, -0.25) is 10.1 Å². The Balaban J connectivity index is 2.64. The first-order valence-corrected chi connectivity index (χ1v) is 5.79. The van der Waals surface area contributed by atoms with Gasteiger partial charge in [-0.25, -0.2) is 0 Å². The summed E-state index contributed by atoms with van der Waals surface area (Å²) in [5.74, 6) is 0. The largest absolute Gasteiger partial charge is 0.417 e. The van der Waals surface area contributed by atoms with Crippen LogP contribution in [0.3, 0.4) is 0 Å². The summed E-state index contributed by atoms with van der Waals surface area (Å²) in [6.07, 6.45) is -4.54. The molecule has 2 aromatic rings. The number of rotatable bonds is 2. The minimum atomic E-state index is -4.54. The summed E-state index contributed by atoms with van der Waals surface area (Å²) >= 11 is 5.64. The van der Waals surface area contributed by atoms with E-state index in [0.29, 0.717) is 0 Å². The quantitative estimate of drug-likeness (QED) is 0.583. The van der Waals surface area contributed by atoms with Crippen molar-refractivity contribution in [1.29, 1.82) is 0 Å². The van der Waals surface area contributed by atoms with Gasteiger partial charge in [0.2, 0.25) is 0 Å². The molecule has 0 unspecified atom stereocenters. The average Bonchev–Trinajstić information content (AvgIpc) is 2.38. The molecule has 0 atom stereocenters. The summed E-state index contributed by atoms with van der Waals surface area (Å²) in [6, 6.07) is 8.45. The van der Waals surface area contributed by atoms with Crippen LogP contribution in [0.5, 0.6) is 0 Å². The van der Waals surface area contributed by atoms with E-state index in [2.05, 4.69) is 0 Å². The van der Waals surface area contributed by atoms with Gasteiger partial charge < -0.3 is 0 Å². The SMILES string of the molecule is O=[N+]([O-])c1cc(-c2ccccc2C(F)(F)F)ccc1Cl. The fourth-order valence-electron chi connectivity index (χ4n) is 1.80. The Bertz CT molecular complexity index is 671. The molecule has 104 valence electrons. The van der Waals surface area contributed by atoms with E-state index < -0.39 is 22.4 Å². The molecular weight excluding hydrogens is 295 g/mol. The minimum absolute atomic E-state index is 0.0917. The molecule has 3 nitrogen and oxygen atoms in total. The minimum Gasteiger partial charge on any atom is -0.258 e. The molecule has 2 aromatic carbocycles. The molecule has 0 amide bonds. The molecule has 0 aliphatic heterocycles. The molecule has 0 spiro atoms. The van der Waals surface area contributed by atoms with Crippen molar-refractivity contribution in [3.8, 4) is 11.1 Å². The van der Waals surface area contributed by atoms with E-state index in [-0.39, 0.29) is 16.1 Å². The third-order valence-electron chi connectivity index (χ3n) is 2.69. The lowest BCUT2D eigenvalue weighted by atomic mass is 9.99. The first-order valence-electron chi connectivity index (χ1n) is 5.41. The van der Waals surface area contributed by atoms with Gasteiger partial charge >= 0.3 is 6.18 Å². The van der Waals surface area contributed by atoms with Crippen molar-refractivity contribution < 1.29 is 18.1 Å². The summed E-state index contributed by atoms with van der Waals surface area (Å²) in [5.41, 5.74) is -1.31. The van der Waals surface area contributed by atoms with E-state index in [9.17, 15) is 23.3 Å². The van der Waals surface area contributed by atoms with Crippen LogP contribution in [-0.2, 0) is 6.18 Å². The van der Waals surface area contributed by atoms with E-state index in [1.54, 1.807) is 0 Å². The average molecular weight is 302 g/mol. The van der Waals surface area contributed by atoms with E-state index >= 15 is 0 Å². The van der Waals surface area contributed by atoms with Gasteiger partial charge in [-0.05, 0) is 23.3 Å². The Morgan fingerprint density at radius 2 is 1.75 bits per heavy atom. The zero-order chi connectivity index (χ0) is 14.9. The highest BCUT2D eigenvalue weighted by atomic mass is 35.5. The summed E-state index contributed by atoms with van der Waals surface area (Å²) < 4.78 is 38.7. The maximum absolute atomic E-state index is 12.9. The van der Waals surface area contributed by atoms with Gasteiger partial charge in [0.1, 0.15) is 5.02 Å². The van der Waals surface area contributed by atoms with Crippen molar-refractivity contribution in [3.63, 3.8) is 0 Å². The molecule has 0 radical (unpaired) electrons. The second-order valence-electron chi connectivity index (χ2n) is 3.97. The molecule has 0 aromatic heterocycles. The second kappa shape index (κ2) is 5.13. The first-order chi connectivity index (χ1) is 9.30. The number of hydrogen-bond donors (Lipinski definition) is 0. The molecule has 2 rings (SSSR count). The Kier molecular flexibility index (Phi) is 3.67. The molecule has 0 N–H and O–H groups in total. The number of nitro groups is 1. The standard InChI is InChI=1S/C13H7ClF3NO2/c14-11-6-5-8(7-12(11)18(19)20)9-3-1-2-4-10(9)13(15,16)17/h1-7H. The lowest BCUT2D eigenvalue weighted by Crippen LogP contribution is -2.06. The molecule has 7 heteroatoms. The van der Waals surface area contributed by atoms with Crippen molar-refractivity contribution in [2.75, 3.05) is 0 Å². The topological polar surface area (TPSA) is 43.1 Å². The monoisotopic (exact) mass is 301 g/mol. The van der Waals surface area contributed by atoms with Crippen molar-refractivity contribution >= 4 is 17.3 Å². The van der Waals surface area contributed by atoms with Gasteiger partial charge in [0.15, 0.2) is 0 Å². The van der Waals surface area contributed by atoms with Gasteiger partial charge in [0, 0.05) is 6.07 Å². The van der Waals surface area contributed by atoms with E-state index in [0.717, 1.165) is 12.1 Å². The predicted molar refractivity (Wildman–Crippen MR) is 68.5 cm³/mol. The lowest BCUT2D eigenvalue weighted by molar-refractivity contribution is -0.384. The fraction of sp³-hybridized carbons (Fsp3) is 0.0769. The molecule has 0 saturated heterocycles. The number of nitrogens with zero attached hydrogens (tertiary/aromatic N) is 1. The highest BCUT2D eigenvalue weighted by Crippen LogP contribution is 2.38. The fourth-order valence-corrected chi connectivity index (χ4v) is 1.99. The Hall–Kier alpha value is -2.08. The van der Waals surface area contributed by atoms with E-state index in [1.165, 1.54) is 30.3 Å². The number of hydrogen-bond acceptors (Lipinski definition) is 2. The highest BCUT2D eigenvalue weighted by molar-refractivity contribution is 6.32. The molecule has 0 aliphatic carbocycles. The summed E-state index contributed by atoms with van der Waals surface area (Å²) in [5, 5.41) is 10.7. The van der Waals surface area contributed by atoms with Crippen LogP contribution in [0.4, 0.5) is 18.9 Å². The third-order valence-corrected chi connectivity index (χ3v) is 3.01. The van der Waals surface area contributed by atoms with Crippen LogP contribution >= 0.6 is 11.6 Å². The smallest absolute Gasteiger partial charge is 0.258 e. The number of nitro benzene ring substituents is 1. The molecule has 0 bridgehead atoms. The van der Waals surface area contributed by atoms with Gasteiger partial charge in [0.25, 0.3) is 5.69 Å². The molecule has 0 saturated carbocycles. The molecule has 0 heterocycles. The van der Waals surface area contributed by atoms with Crippen LogP contribution in [-0.4, -0.2) is 4.92 Å². The zero-order valence-electron chi connectivity index (χ0n) is 9.82. The lowest BCUT2D eigenvalue weighted by Gasteiger charge is -2.12. The van der Waals surface area contributed by atoms with Gasteiger partial charge in [-0.1, -0.05) is 35.9 Å². The Morgan fingerprint density at radius 1 is 1.10 bits per heavy atom. The maximum Gasteiger partial charge on any atom is 0.417 e. The number of benzene rings is 2. The second-order valence-corrected chi connectivity index (χ2v) is 4.37. The van der Waals surface area contributed by atoms with Crippen LogP contribution < -0.4 is 0 Å². The van der Waals surface area contributed by atoms with Crippen LogP contribution in [0.15, 0.2) is 42.5 Å². The van der Waals surface area contributed by atoms with Crippen LogP contribution in [0.2, 0.25) is 5.02 Å². The Morgan fingerprint density at radius 3 is 2.35 bits per heavy atom. The zero-order valence-corrected chi connectivity index (χ0v) is 10.6. The Labute approximate surface area is 116 Å². The molecule has 20 heavy (non-hydrogen) atoms. The summed E-state index contributed by atoms with van der Waals surface area (Å²) in [7, 11) is 0. The molecule has 0 aliphatic rings. The van der Waals surface area contributed by atoms with Crippen LogP contribution in [0.25, 0.3) is 11.1 Å². The first kappa shape index (κ1) is 14.3. The summed E-state index contributed by atoms with van der Waals surface area (Å²) in [6.45, 7) is 0. The van der Waals surface area contributed by atoms with E-state index in [1.807, 2.05) is 0 Å². The van der Waals surface area contributed by atoms with Crippen LogP contribution in [0, 0.1) is 10.1 Å². The normalized spacial score (nSPS) is 11.4. The van der Waals surface area contributed by atoms with Crippen LogP contribution in [0.1, 0.15) is 5.56 Å². The maximum atomic E-state index is 12.9. The number of alkyl halides is 3. The van der Waals surface area contributed by atoms with Crippen molar-refractivity contribution in [2.45, 2.75) is 6.18 Å².